The third-order valence-electron chi connectivity index (χ3n) is 14.9. The molecule has 2 heterocycles. The van der Waals surface area contributed by atoms with Crippen LogP contribution in [-0.4, -0.2) is 0 Å². The fourth-order valence-corrected chi connectivity index (χ4v) is 11.7. The molecule has 3 nitrogen and oxygen atoms in total. The molecular formula is C62H47NO2. The van der Waals surface area contributed by atoms with Gasteiger partial charge < -0.3 is 13.7 Å². The smallest absolute Gasteiger partial charge is 0.143 e. The number of aryl methyl sites for hydroxylation is 2. The van der Waals surface area contributed by atoms with Crippen LogP contribution in [0.3, 0.4) is 0 Å². The summed E-state index contributed by atoms with van der Waals surface area (Å²) >= 11 is 0. The van der Waals surface area contributed by atoms with E-state index >= 15 is 0 Å². The molecule has 9 aromatic carbocycles. The van der Waals surface area contributed by atoms with E-state index in [0.717, 1.165) is 66.7 Å². The molecule has 3 heteroatoms. The second-order valence-corrected chi connectivity index (χ2v) is 19.3. The number of fused-ring (bicyclic) bond motifs is 14. The van der Waals surface area contributed by atoms with Crippen molar-refractivity contribution in [1.29, 1.82) is 0 Å². The van der Waals surface area contributed by atoms with Crippen LogP contribution in [0.4, 0.5) is 17.1 Å². The van der Waals surface area contributed by atoms with E-state index in [1.54, 1.807) is 0 Å². The molecule has 0 unspecified atom stereocenters. The van der Waals surface area contributed by atoms with Crippen LogP contribution in [0.25, 0.3) is 88.4 Å². The lowest BCUT2D eigenvalue weighted by atomic mass is 9.80. The number of nitrogens with zero attached hydrogens (tertiary/aromatic N) is 1. The second kappa shape index (κ2) is 13.5. The van der Waals surface area contributed by atoms with Crippen LogP contribution >= 0.6 is 0 Å². The van der Waals surface area contributed by atoms with Crippen molar-refractivity contribution in [3.63, 3.8) is 0 Å². The number of para-hydroxylation sites is 3. The van der Waals surface area contributed by atoms with Crippen molar-refractivity contribution in [3.8, 4) is 44.5 Å². The van der Waals surface area contributed by atoms with E-state index in [1.807, 2.05) is 0 Å². The molecule has 0 amide bonds. The highest BCUT2D eigenvalue weighted by atomic mass is 16.3. The largest absolute Gasteiger partial charge is 0.455 e. The van der Waals surface area contributed by atoms with E-state index in [2.05, 4.69) is 222 Å². The van der Waals surface area contributed by atoms with Gasteiger partial charge in [-0.3, -0.25) is 0 Å². The molecule has 0 spiro atoms. The maximum absolute atomic E-state index is 6.78. The molecule has 0 saturated carbocycles. The third kappa shape index (κ3) is 5.24. The fraction of sp³-hybridized carbons (Fsp3) is 0.129. The molecule has 13 rings (SSSR count). The van der Waals surface area contributed by atoms with Crippen LogP contribution in [-0.2, 0) is 10.8 Å². The molecule has 0 N–H and O–H groups in total. The van der Waals surface area contributed by atoms with Crippen molar-refractivity contribution in [2.45, 2.75) is 52.4 Å². The highest BCUT2D eigenvalue weighted by molar-refractivity contribution is 6.20. The Labute approximate surface area is 379 Å². The minimum absolute atomic E-state index is 0.292. The number of hydrogen-bond donors (Lipinski definition) is 0. The Morgan fingerprint density at radius 3 is 1.25 bits per heavy atom. The minimum Gasteiger partial charge on any atom is -0.455 e. The van der Waals surface area contributed by atoms with Crippen molar-refractivity contribution >= 4 is 60.9 Å². The zero-order valence-corrected chi connectivity index (χ0v) is 37.5. The van der Waals surface area contributed by atoms with Gasteiger partial charge in [0, 0.05) is 54.9 Å². The van der Waals surface area contributed by atoms with E-state index < -0.39 is 0 Å². The quantitative estimate of drug-likeness (QED) is 0.173. The van der Waals surface area contributed by atoms with Crippen molar-refractivity contribution < 1.29 is 8.83 Å². The molecule has 0 bridgehead atoms. The lowest BCUT2D eigenvalue weighted by Crippen LogP contribution is -2.19. The van der Waals surface area contributed by atoms with Gasteiger partial charge in [-0.15, -0.1) is 0 Å². The van der Waals surface area contributed by atoms with Gasteiger partial charge in [0.2, 0.25) is 0 Å². The molecule has 2 aliphatic carbocycles. The van der Waals surface area contributed by atoms with Crippen molar-refractivity contribution in [1.82, 2.24) is 0 Å². The second-order valence-electron chi connectivity index (χ2n) is 19.3. The monoisotopic (exact) mass is 837 g/mol. The average molecular weight is 838 g/mol. The average Bonchev–Trinajstić information content (AvgIpc) is 4.03. The molecule has 0 saturated heterocycles. The number of rotatable bonds is 5. The Hall–Kier alpha value is -7.62. The van der Waals surface area contributed by atoms with E-state index in [4.69, 9.17) is 8.83 Å². The number of furan rings is 2. The first-order valence-electron chi connectivity index (χ1n) is 22.8. The van der Waals surface area contributed by atoms with Gasteiger partial charge in [-0.05, 0) is 129 Å². The SMILES string of the molecule is Cc1cccc(C)c1N(c1ccc2c(c1)C(C)(C)c1cc(-c3ccccc3)c3oc4ccccc4c3c1-2)c1ccc2c(c1)C(C)(C)c1cc(-c3ccccc3)c3oc4ccccc4c3c1-2. The summed E-state index contributed by atoms with van der Waals surface area (Å²) in [6, 6.07) is 64.3. The lowest BCUT2D eigenvalue weighted by molar-refractivity contribution is 0.657. The summed E-state index contributed by atoms with van der Waals surface area (Å²) in [4.78, 5) is 2.51. The molecule has 0 fully saturated rings. The maximum atomic E-state index is 6.78. The van der Waals surface area contributed by atoms with E-state index in [1.165, 1.54) is 72.1 Å². The Kier molecular flexibility index (Phi) is 7.84. The summed E-state index contributed by atoms with van der Waals surface area (Å²) in [5, 5.41) is 4.69. The van der Waals surface area contributed by atoms with Gasteiger partial charge in [-0.25, -0.2) is 0 Å². The summed E-state index contributed by atoms with van der Waals surface area (Å²) in [5.41, 5.74) is 24.0. The molecule has 2 aromatic heterocycles. The van der Waals surface area contributed by atoms with E-state index in [0.29, 0.717) is 0 Å². The van der Waals surface area contributed by atoms with Gasteiger partial charge in [0.1, 0.15) is 22.3 Å². The zero-order valence-electron chi connectivity index (χ0n) is 37.5. The van der Waals surface area contributed by atoms with Crippen LogP contribution in [0.2, 0.25) is 0 Å². The summed E-state index contributed by atoms with van der Waals surface area (Å²) in [5.74, 6) is 0. The molecule has 0 radical (unpaired) electrons. The van der Waals surface area contributed by atoms with Gasteiger partial charge in [-0.2, -0.15) is 0 Å². The number of hydrogen-bond acceptors (Lipinski definition) is 3. The number of anilines is 3. The Morgan fingerprint density at radius 1 is 0.385 bits per heavy atom. The van der Waals surface area contributed by atoms with Gasteiger partial charge in [-0.1, -0.05) is 155 Å². The molecule has 65 heavy (non-hydrogen) atoms. The molecule has 0 aliphatic heterocycles. The van der Waals surface area contributed by atoms with E-state index in [9.17, 15) is 0 Å². The highest BCUT2D eigenvalue weighted by Gasteiger charge is 2.41. The van der Waals surface area contributed by atoms with Crippen LogP contribution in [0.5, 0.6) is 0 Å². The normalized spacial score (nSPS) is 14.2. The standard InChI is InChI=1S/C62H47NO2/c1-36-18-17-19-37(2)58(36)63(40-28-30-42-48(32-40)61(3,4)50-34-46(38-20-9-7-10-21-38)59-56(54(42)50)44-24-13-15-26-52(44)64-59)41-29-31-43-49(33-41)62(5,6)51-35-47(39-22-11-8-12-23-39)60-57(55(43)51)45-25-14-16-27-53(45)65-60/h7-35H,1-6H3. The van der Waals surface area contributed by atoms with Gasteiger partial charge in [0.25, 0.3) is 0 Å². The number of benzene rings is 9. The molecule has 312 valence electrons. The summed E-state index contributed by atoms with van der Waals surface area (Å²) in [6.07, 6.45) is 0. The van der Waals surface area contributed by atoms with Crippen LogP contribution in [0.15, 0.2) is 185 Å². The fourth-order valence-electron chi connectivity index (χ4n) is 11.7. The minimum atomic E-state index is -0.292. The van der Waals surface area contributed by atoms with Gasteiger partial charge in [0.05, 0.1) is 5.69 Å². The first-order valence-corrected chi connectivity index (χ1v) is 22.8. The topological polar surface area (TPSA) is 29.5 Å². The Bertz CT molecular complexity index is 3540. The Morgan fingerprint density at radius 2 is 0.800 bits per heavy atom. The maximum Gasteiger partial charge on any atom is 0.143 e. The predicted molar refractivity (Wildman–Crippen MR) is 271 cm³/mol. The zero-order chi connectivity index (χ0) is 43.9. The summed E-state index contributed by atoms with van der Waals surface area (Å²) < 4.78 is 13.6. The van der Waals surface area contributed by atoms with Crippen LogP contribution < -0.4 is 4.90 Å². The van der Waals surface area contributed by atoms with Gasteiger partial charge >= 0.3 is 0 Å². The predicted octanol–water partition coefficient (Wildman–Crippen LogP) is 17.5. The summed E-state index contributed by atoms with van der Waals surface area (Å²) in [6.45, 7) is 14.1. The molecular weight excluding hydrogens is 791 g/mol. The molecule has 0 atom stereocenters. The lowest BCUT2D eigenvalue weighted by Gasteiger charge is -2.31. The van der Waals surface area contributed by atoms with E-state index in [-0.39, 0.29) is 10.8 Å². The first-order chi connectivity index (χ1) is 31.6. The van der Waals surface area contributed by atoms with Gasteiger partial charge in [0.15, 0.2) is 0 Å². The molecule has 2 aliphatic rings. The van der Waals surface area contributed by atoms with Crippen molar-refractivity contribution in [2.75, 3.05) is 4.90 Å². The Balaban J connectivity index is 1.03. The summed E-state index contributed by atoms with van der Waals surface area (Å²) in [7, 11) is 0. The van der Waals surface area contributed by atoms with Crippen LogP contribution in [0.1, 0.15) is 61.1 Å². The molecule has 11 aromatic rings. The van der Waals surface area contributed by atoms with Crippen molar-refractivity contribution in [3.05, 3.63) is 209 Å². The third-order valence-corrected chi connectivity index (χ3v) is 14.9. The van der Waals surface area contributed by atoms with Crippen molar-refractivity contribution in [2.24, 2.45) is 0 Å². The first kappa shape index (κ1) is 37.9. The van der Waals surface area contributed by atoms with Crippen LogP contribution in [0, 0.1) is 13.8 Å². The highest BCUT2D eigenvalue weighted by Crippen LogP contribution is 2.59.